The van der Waals surface area contributed by atoms with E-state index in [0.29, 0.717) is 31.6 Å². The summed E-state index contributed by atoms with van der Waals surface area (Å²) in [4.78, 5) is 65.8. The molecule has 3 saturated heterocycles. The number of aliphatic hydroxyl groups excluding tert-OH is 1. The maximum absolute atomic E-state index is 15.0. The lowest BCUT2D eigenvalue weighted by atomic mass is 9.73. The number of unbranched alkanes of at least 4 members (excludes halogenated alkanes) is 1. The van der Waals surface area contributed by atoms with E-state index in [9.17, 15) is 19.5 Å². The van der Waals surface area contributed by atoms with Crippen LogP contribution in [-0.4, -0.2) is 136 Å². The monoisotopic (exact) mass is 919 g/mol. The highest BCUT2D eigenvalue weighted by Gasteiger charge is 2.60. The maximum atomic E-state index is 15.0. The number of rotatable bonds is 14. The number of cyclic esters (lactones) is 1. The number of methoxy groups -OCH3 is 1. The molecule has 0 spiro atoms. The number of para-hydroxylation sites is 1. The van der Waals surface area contributed by atoms with Crippen molar-refractivity contribution < 1.29 is 52.7 Å². The van der Waals surface area contributed by atoms with Gasteiger partial charge in [0.2, 0.25) is 0 Å². The van der Waals surface area contributed by atoms with Crippen LogP contribution in [0.15, 0.2) is 60.9 Å². The van der Waals surface area contributed by atoms with E-state index in [1.807, 2.05) is 67.6 Å². The summed E-state index contributed by atoms with van der Waals surface area (Å²) in [5, 5.41) is 13.0. The van der Waals surface area contributed by atoms with Crippen LogP contribution >= 0.6 is 0 Å². The number of pyridine rings is 1. The fraction of sp³-hybridized carbons (Fsp3) is 0.667. The van der Waals surface area contributed by atoms with E-state index < -0.39 is 89.7 Å². The number of likely N-dealkylation sites (N-methyl/N-ethyl adjacent to an activating group) is 1. The molecular formula is C51H74N4O11. The highest BCUT2D eigenvalue weighted by atomic mass is 16.7. The second-order valence-electron chi connectivity index (χ2n) is 19.5. The quantitative estimate of drug-likeness (QED) is 0.0999. The summed E-state index contributed by atoms with van der Waals surface area (Å²) in [5.74, 6) is -4.76. The van der Waals surface area contributed by atoms with E-state index in [4.69, 9.17) is 28.4 Å². The van der Waals surface area contributed by atoms with Crippen molar-refractivity contribution in [3.63, 3.8) is 0 Å². The Balaban J connectivity index is 1.37. The summed E-state index contributed by atoms with van der Waals surface area (Å²) in [6.07, 6.45) is -0.393. The van der Waals surface area contributed by atoms with Gasteiger partial charge in [-0.05, 0) is 103 Å². The van der Waals surface area contributed by atoms with Gasteiger partial charge in [-0.3, -0.25) is 19.4 Å². The summed E-state index contributed by atoms with van der Waals surface area (Å²) in [6, 6.07) is 14.4. The van der Waals surface area contributed by atoms with E-state index in [0.717, 1.165) is 23.9 Å². The SMILES string of the molecule is CC[C@H]1OC(=O)[C@H](C)[C@@H](OC(=O)Cc2ccccn2)[C@H](C)[C@@H](O[C@H]2O[C@@H](C)C[C@@H](N(C)CC)[C@@H]2O)[C@](C)(OC)C[C@@H](C)C(=O)[C@H](C)[C@H]2N(CCCCn3ccc4ccccc43)C(=O)O[C@]12C. The number of hydrogen-bond acceptors (Lipinski definition) is 13. The second-order valence-corrected chi connectivity index (χ2v) is 19.5. The molecular weight excluding hydrogens is 845 g/mol. The van der Waals surface area contributed by atoms with E-state index in [1.54, 1.807) is 43.1 Å². The van der Waals surface area contributed by atoms with Crippen molar-refractivity contribution in [2.75, 3.05) is 27.2 Å². The molecule has 15 heteroatoms. The number of aromatic nitrogens is 2. The zero-order valence-corrected chi connectivity index (χ0v) is 40.9. The number of esters is 2. The molecule has 1 aromatic carbocycles. The van der Waals surface area contributed by atoms with Crippen molar-refractivity contribution in [2.45, 2.75) is 167 Å². The Hall–Kier alpha value is -4.41. The molecule has 5 heterocycles. The first kappa shape index (κ1) is 51.0. The number of benzene rings is 1. The minimum atomic E-state index is -1.42. The number of ether oxygens (including phenoxy) is 6. The van der Waals surface area contributed by atoms with Gasteiger partial charge in [0, 0.05) is 61.9 Å². The molecule has 3 aliphatic rings. The third-order valence-corrected chi connectivity index (χ3v) is 14.8. The molecule has 3 fully saturated rings. The third-order valence-electron chi connectivity index (χ3n) is 14.8. The Labute approximate surface area is 390 Å². The Bertz CT molecular complexity index is 2120. The maximum Gasteiger partial charge on any atom is 0.410 e. The molecule has 66 heavy (non-hydrogen) atoms. The Morgan fingerprint density at radius 3 is 2.36 bits per heavy atom. The van der Waals surface area contributed by atoms with Gasteiger partial charge in [-0.2, -0.15) is 0 Å². The van der Waals surface area contributed by atoms with Crippen molar-refractivity contribution in [3.8, 4) is 0 Å². The van der Waals surface area contributed by atoms with Crippen LogP contribution < -0.4 is 0 Å². The minimum Gasteiger partial charge on any atom is -0.461 e. The number of hydrogen-bond donors (Lipinski definition) is 1. The van der Waals surface area contributed by atoms with Crippen LogP contribution in [0.2, 0.25) is 0 Å². The van der Waals surface area contributed by atoms with Crippen LogP contribution in [0.3, 0.4) is 0 Å². The first-order chi connectivity index (χ1) is 31.4. The molecule has 3 aliphatic heterocycles. The van der Waals surface area contributed by atoms with E-state index in [2.05, 4.69) is 38.8 Å². The van der Waals surface area contributed by atoms with Crippen molar-refractivity contribution in [2.24, 2.45) is 23.7 Å². The lowest BCUT2D eigenvalue weighted by Crippen LogP contribution is -2.61. The lowest BCUT2D eigenvalue weighted by molar-refractivity contribution is -0.302. The highest BCUT2D eigenvalue weighted by molar-refractivity contribution is 5.85. The smallest absolute Gasteiger partial charge is 0.410 e. The van der Waals surface area contributed by atoms with Crippen LogP contribution in [0.4, 0.5) is 4.79 Å². The van der Waals surface area contributed by atoms with Gasteiger partial charge in [0.25, 0.3) is 0 Å². The van der Waals surface area contributed by atoms with E-state index in [-0.39, 0.29) is 37.2 Å². The first-order valence-electron chi connectivity index (χ1n) is 24.0. The molecule has 2 aromatic heterocycles. The molecule has 14 atom stereocenters. The number of nitrogens with zero attached hydrogens (tertiary/aromatic N) is 4. The molecule has 15 nitrogen and oxygen atoms in total. The minimum absolute atomic E-state index is 0.131. The number of aliphatic hydroxyl groups is 1. The molecule has 0 radical (unpaired) electrons. The number of fused-ring (bicyclic) bond motifs is 2. The molecule has 6 rings (SSSR count). The van der Waals surface area contributed by atoms with Crippen LogP contribution in [-0.2, 0) is 55.8 Å². The molecule has 0 bridgehead atoms. The summed E-state index contributed by atoms with van der Waals surface area (Å²) in [7, 11) is 3.47. The average Bonchev–Trinajstić information content (AvgIpc) is 3.83. The van der Waals surface area contributed by atoms with Gasteiger partial charge in [-0.1, -0.05) is 58.9 Å². The Kier molecular flexibility index (Phi) is 16.8. The molecule has 0 saturated carbocycles. The lowest BCUT2D eigenvalue weighted by Gasteiger charge is -2.48. The first-order valence-corrected chi connectivity index (χ1v) is 24.0. The van der Waals surface area contributed by atoms with Gasteiger partial charge in [0.05, 0.1) is 41.9 Å². The predicted octanol–water partition coefficient (Wildman–Crippen LogP) is 7.00. The largest absolute Gasteiger partial charge is 0.461 e. The van der Waals surface area contributed by atoms with Gasteiger partial charge in [-0.15, -0.1) is 0 Å². The van der Waals surface area contributed by atoms with Crippen LogP contribution in [0.25, 0.3) is 10.9 Å². The number of carbonyl (C=O) groups is 4. The molecule has 1 N–H and O–H groups in total. The fourth-order valence-corrected chi connectivity index (χ4v) is 11.0. The van der Waals surface area contributed by atoms with Crippen molar-refractivity contribution in [1.82, 2.24) is 19.4 Å². The zero-order valence-electron chi connectivity index (χ0n) is 40.9. The number of amides is 1. The molecule has 3 aromatic rings. The average molecular weight is 919 g/mol. The van der Waals surface area contributed by atoms with Gasteiger partial charge >= 0.3 is 18.0 Å². The summed E-state index contributed by atoms with van der Waals surface area (Å²) < 4.78 is 40.9. The van der Waals surface area contributed by atoms with Crippen LogP contribution in [0, 0.1) is 23.7 Å². The van der Waals surface area contributed by atoms with Crippen LogP contribution in [0.1, 0.15) is 100 Å². The van der Waals surface area contributed by atoms with Gasteiger partial charge in [-0.25, -0.2) is 4.79 Å². The summed E-state index contributed by atoms with van der Waals surface area (Å²) in [6.45, 7) is 18.2. The van der Waals surface area contributed by atoms with Gasteiger partial charge in [0.1, 0.15) is 24.1 Å². The highest BCUT2D eigenvalue weighted by Crippen LogP contribution is 2.44. The van der Waals surface area contributed by atoms with Crippen molar-refractivity contribution in [1.29, 1.82) is 0 Å². The van der Waals surface area contributed by atoms with Gasteiger partial charge < -0.3 is 47.9 Å². The zero-order chi connectivity index (χ0) is 48.1. The number of Topliss-reactive ketones (excluding diaryl/α,β-unsaturated/α-hetero) is 1. The fourth-order valence-electron chi connectivity index (χ4n) is 11.0. The van der Waals surface area contributed by atoms with Crippen molar-refractivity contribution in [3.05, 3.63) is 66.6 Å². The number of ketones is 1. The molecule has 0 aliphatic carbocycles. The topological polar surface area (TPSA) is 168 Å². The van der Waals surface area contributed by atoms with Gasteiger partial charge in [0.15, 0.2) is 11.9 Å². The summed E-state index contributed by atoms with van der Waals surface area (Å²) >= 11 is 0. The molecule has 0 unspecified atom stereocenters. The van der Waals surface area contributed by atoms with Crippen molar-refractivity contribution >= 4 is 34.7 Å². The molecule has 1 amide bonds. The normalized spacial score (nSPS) is 34.7. The van der Waals surface area contributed by atoms with E-state index >= 15 is 4.79 Å². The third kappa shape index (κ3) is 10.8. The summed E-state index contributed by atoms with van der Waals surface area (Å²) in [5.41, 5.74) is -1.09. The standard InChI is InChI=1S/C51H74N4O11/c1-12-40-51(9)45(55(49(60)66-51)26-19-18-25-54-27-23-36-20-14-15-22-38(36)54)33(5)42(57)31(3)30-50(8,61-11)46(65-48-43(58)39(53(10)13-2)28-32(4)62-48)34(6)44(35(7)47(59)63-40)64-41(56)29-37-21-16-17-24-52-37/h14-17,20-24,27,31-35,39-40,43-46,48,58H,12-13,18-19,25-26,28-30H2,1-11H3/t31-,32+,33+,34+,35-,39-,40-,43+,44+,45-,46-,48-,50-,51-/m1/s1. The Morgan fingerprint density at radius 2 is 1.68 bits per heavy atom. The number of carbonyl (C=O) groups excluding carboxylic acids is 4. The number of aryl methyl sites for hydroxylation is 1. The van der Waals surface area contributed by atoms with Crippen LogP contribution in [0.5, 0.6) is 0 Å². The molecule has 364 valence electrons. The second kappa shape index (κ2) is 21.7. The Morgan fingerprint density at radius 1 is 0.970 bits per heavy atom. The predicted molar refractivity (Wildman–Crippen MR) is 248 cm³/mol. The van der Waals surface area contributed by atoms with E-state index in [1.165, 1.54) is 7.11 Å².